The van der Waals surface area contributed by atoms with E-state index in [9.17, 15) is 4.79 Å². The van der Waals surface area contributed by atoms with Gasteiger partial charge in [-0.05, 0) is 30.2 Å². The average Bonchev–Trinajstić information content (AvgIpc) is 3.01. The van der Waals surface area contributed by atoms with Gasteiger partial charge in [0.1, 0.15) is 0 Å². The molecule has 1 unspecified atom stereocenters. The third-order valence-corrected chi connectivity index (χ3v) is 4.29. The van der Waals surface area contributed by atoms with Crippen LogP contribution in [0.2, 0.25) is 0 Å². The number of nitrogens with two attached hydrogens (primary N) is 1. The van der Waals surface area contributed by atoms with Crippen LogP contribution in [0.4, 0.5) is 0 Å². The number of thiophene rings is 1. The zero-order valence-electron chi connectivity index (χ0n) is 12.0. The molecule has 0 radical (unpaired) electrons. The molecule has 2 aromatic heterocycles. The van der Waals surface area contributed by atoms with Crippen LogP contribution < -0.4 is 11.1 Å². The Hall–Kier alpha value is -1.44. The van der Waals surface area contributed by atoms with Crippen LogP contribution in [0.25, 0.3) is 11.4 Å². The van der Waals surface area contributed by atoms with E-state index in [0.29, 0.717) is 37.0 Å². The van der Waals surface area contributed by atoms with Crippen LogP contribution in [0.3, 0.4) is 0 Å². The lowest BCUT2D eigenvalue weighted by Crippen LogP contribution is -2.41. The SMILES string of the molecule is Cl.NCC(NC(=O)CCc1nc(-c2ccsc2)no1)C1CC1. The van der Waals surface area contributed by atoms with Gasteiger partial charge >= 0.3 is 0 Å². The molecule has 0 aliphatic heterocycles. The van der Waals surface area contributed by atoms with Gasteiger partial charge in [-0.15, -0.1) is 12.4 Å². The minimum absolute atomic E-state index is 0. The first-order valence-corrected chi connectivity index (χ1v) is 8.05. The lowest BCUT2D eigenvalue weighted by molar-refractivity contribution is -0.121. The largest absolute Gasteiger partial charge is 0.352 e. The summed E-state index contributed by atoms with van der Waals surface area (Å²) < 4.78 is 5.17. The number of aromatic nitrogens is 2. The van der Waals surface area contributed by atoms with Crippen LogP contribution in [0.1, 0.15) is 25.2 Å². The fraction of sp³-hybridized carbons (Fsp3) is 0.500. The highest BCUT2D eigenvalue weighted by Gasteiger charge is 2.31. The lowest BCUT2D eigenvalue weighted by atomic mass is 10.1. The fourth-order valence-corrected chi connectivity index (χ4v) is 2.87. The van der Waals surface area contributed by atoms with E-state index in [0.717, 1.165) is 18.4 Å². The van der Waals surface area contributed by atoms with Gasteiger partial charge in [0.15, 0.2) is 0 Å². The van der Waals surface area contributed by atoms with E-state index in [2.05, 4.69) is 15.5 Å². The summed E-state index contributed by atoms with van der Waals surface area (Å²) in [7, 11) is 0. The van der Waals surface area contributed by atoms with Crippen LogP contribution >= 0.6 is 23.7 Å². The molecule has 1 aliphatic carbocycles. The summed E-state index contributed by atoms with van der Waals surface area (Å²) in [6.45, 7) is 0.499. The molecule has 2 aromatic rings. The van der Waals surface area contributed by atoms with Crippen LogP contribution in [0, 0.1) is 5.92 Å². The molecular weight excluding hydrogens is 324 g/mol. The van der Waals surface area contributed by atoms with Crippen LogP contribution in [-0.2, 0) is 11.2 Å². The molecule has 1 atom stereocenters. The van der Waals surface area contributed by atoms with Crippen molar-refractivity contribution in [3.63, 3.8) is 0 Å². The number of hydrogen-bond donors (Lipinski definition) is 2. The van der Waals surface area contributed by atoms with E-state index in [1.165, 1.54) is 0 Å². The second-order valence-corrected chi connectivity index (χ2v) is 6.05. The third kappa shape index (κ3) is 4.28. The summed E-state index contributed by atoms with van der Waals surface area (Å²) in [4.78, 5) is 16.2. The number of aryl methyl sites for hydroxylation is 1. The van der Waals surface area contributed by atoms with Gasteiger partial charge in [0.2, 0.25) is 17.6 Å². The molecule has 1 aliphatic rings. The molecule has 2 heterocycles. The Morgan fingerprint density at radius 1 is 1.55 bits per heavy atom. The van der Waals surface area contributed by atoms with Crippen LogP contribution in [0.5, 0.6) is 0 Å². The fourth-order valence-electron chi connectivity index (χ4n) is 2.23. The van der Waals surface area contributed by atoms with E-state index >= 15 is 0 Å². The molecule has 0 spiro atoms. The van der Waals surface area contributed by atoms with Crippen molar-refractivity contribution >= 4 is 29.7 Å². The number of hydrogen-bond acceptors (Lipinski definition) is 6. The zero-order chi connectivity index (χ0) is 14.7. The number of halogens is 1. The Labute approximate surface area is 138 Å². The summed E-state index contributed by atoms with van der Waals surface area (Å²) in [5.74, 6) is 1.62. The van der Waals surface area contributed by atoms with Crippen molar-refractivity contribution in [2.24, 2.45) is 11.7 Å². The van der Waals surface area contributed by atoms with Gasteiger partial charge in [-0.1, -0.05) is 5.16 Å². The molecule has 1 saturated carbocycles. The zero-order valence-corrected chi connectivity index (χ0v) is 13.7. The quantitative estimate of drug-likeness (QED) is 0.802. The highest BCUT2D eigenvalue weighted by molar-refractivity contribution is 7.08. The predicted octanol–water partition coefficient (Wildman–Crippen LogP) is 2.01. The van der Waals surface area contributed by atoms with Crippen molar-refractivity contribution in [1.82, 2.24) is 15.5 Å². The maximum atomic E-state index is 11.9. The molecule has 3 N–H and O–H groups in total. The van der Waals surface area contributed by atoms with Gasteiger partial charge in [-0.3, -0.25) is 4.79 Å². The Bertz CT molecular complexity index is 598. The van der Waals surface area contributed by atoms with Crippen molar-refractivity contribution in [1.29, 1.82) is 0 Å². The topological polar surface area (TPSA) is 94.0 Å². The number of nitrogens with one attached hydrogen (secondary N) is 1. The Balaban J connectivity index is 0.00000176. The van der Waals surface area contributed by atoms with E-state index < -0.39 is 0 Å². The summed E-state index contributed by atoms with van der Waals surface area (Å²) >= 11 is 1.58. The number of carbonyl (C=O) groups excluding carboxylic acids is 1. The molecule has 0 saturated heterocycles. The van der Waals surface area contributed by atoms with Gasteiger partial charge in [0.05, 0.1) is 0 Å². The van der Waals surface area contributed by atoms with Crippen LogP contribution in [-0.4, -0.2) is 28.6 Å². The first kappa shape index (κ1) is 16.9. The second kappa shape index (κ2) is 7.71. The standard InChI is InChI=1S/C14H18N4O2S.ClH/c15-7-11(9-1-2-9)16-12(19)3-4-13-17-14(18-20-13)10-5-6-21-8-10;/h5-6,8-9,11H,1-4,7,15H2,(H,16,19);1H. The normalized spacial score (nSPS) is 15.1. The summed E-state index contributed by atoms with van der Waals surface area (Å²) in [6, 6.07) is 2.05. The molecule has 1 amide bonds. The third-order valence-electron chi connectivity index (χ3n) is 3.60. The molecule has 0 bridgehead atoms. The molecule has 22 heavy (non-hydrogen) atoms. The van der Waals surface area contributed by atoms with Crippen molar-refractivity contribution in [3.05, 3.63) is 22.7 Å². The summed E-state index contributed by atoms with van der Waals surface area (Å²) in [5, 5.41) is 10.8. The minimum Gasteiger partial charge on any atom is -0.352 e. The molecule has 1 fully saturated rings. The van der Waals surface area contributed by atoms with E-state index in [1.54, 1.807) is 11.3 Å². The van der Waals surface area contributed by atoms with Gasteiger partial charge in [-0.2, -0.15) is 16.3 Å². The second-order valence-electron chi connectivity index (χ2n) is 5.27. The minimum atomic E-state index is -0.00682. The Morgan fingerprint density at radius 3 is 3.00 bits per heavy atom. The highest BCUT2D eigenvalue weighted by atomic mass is 35.5. The summed E-state index contributed by atoms with van der Waals surface area (Å²) in [6.07, 6.45) is 3.12. The number of rotatable bonds is 7. The van der Waals surface area contributed by atoms with Crippen molar-refractivity contribution in [3.8, 4) is 11.4 Å². The van der Waals surface area contributed by atoms with Crippen molar-refractivity contribution in [2.75, 3.05) is 6.54 Å². The molecule has 6 nitrogen and oxygen atoms in total. The average molecular weight is 343 g/mol. The molecule has 120 valence electrons. The monoisotopic (exact) mass is 342 g/mol. The van der Waals surface area contributed by atoms with E-state index in [-0.39, 0.29) is 24.4 Å². The molecule has 8 heteroatoms. The van der Waals surface area contributed by atoms with E-state index in [1.807, 2.05) is 16.8 Å². The van der Waals surface area contributed by atoms with Crippen LogP contribution in [0.15, 0.2) is 21.3 Å². The number of nitrogens with zero attached hydrogens (tertiary/aromatic N) is 2. The highest BCUT2D eigenvalue weighted by Crippen LogP contribution is 2.32. The Kier molecular flexibility index (Phi) is 5.93. The van der Waals surface area contributed by atoms with Gasteiger partial charge < -0.3 is 15.6 Å². The maximum absolute atomic E-state index is 11.9. The smallest absolute Gasteiger partial charge is 0.227 e. The molecular formula is C14H19ClN4O2S. The summed E-state index contributed by atoms with van der Waals surface area (Å²) in [5.41, 5.74) is 6.61. The molecule has 3 rings (SSSR count). The van der Waals surface area contributed by atoms with Gasteiger partial charge in [0, 0.05) is 36.4 Å². The first-order valence-electron chi connectivity index (χ1n) is 7.11. The van der Waals surface area contributed by atoms with Gasteiger partial charge in [0.25, 0.3) is 0 Å². The maximum Gasteiger partial charge on any atom is 0.227 e. The van der Waals surface area contributed by atoms with E-state index in [4.69, 9.17) is 10.3 Å². The van der Waals surface area contributed by atoms with Crippen molar-refractivity contribution in [2.45, 2.75) is 31.7 Å². The first-order chi connectivity index (χ1) is 10.3. The number of carbonyl (C=O) groups is 1. The lowest BCUT2D eigenvalue weighted by Gasteiger charge is -2.15. The van der Waals surface area contributed by atoms with Crippen molar-refractivity contribution < 1.29 is 9.32 Å². The number of amides is 1. The van der Waals surface area contributed by atoms with Gasteiger partial charge in [-0.25, -0.2) is 0 Å². The predicted molar refractivity (Wildman–Crippen MR) is 86.9 cm³/mol. The molecule has 0 aromatic carbocycles. The Morgan fingerprint density at radius 2 is 2.36 bits per heavy atom.